The number of carbonyl (C=O) groups is 2. The highest BCUT2D eigenvalue weighted by molar-refractivity contribution is 5.77. The number of esters is 1. The van der Waals surface area contributed by atoms with Gasteiger partial charge in [-0.1, -0.05) is 232 Å². The summed E-state index contributed by atoms with van der Waals surface area (Å²) in [5.74, 6) is -0.468. The van der Waals surface area contributed by atoms with Crippen LogP contribution in [0.1, 0.15) is 284 Å². The lowest BCUT2D eigenvalue weighted by Gasteiger charge is -2.24. The second kappa shape index (κ2) is 46.7. The molecule has 0 aliphatic rings. The molecule has 0 radical (unpaired) electrons. The van der Waals surface area contributed by atoms with E-state index in [1.807, 2.05) is 0 Å². The van der Waals surface area contributed by atoms with Crippen molar-refractivity contribution in [2.24, 2.45) is 0 Å². The lowest BCUT2D eigenvalue weighted by molar-refractivity contribution is -0.151. The number of carbonyl (C=O) groups excluding carboxylic acids is 2. The summed E-state index contributed by atoms with van der Waals surface area (Å²) in [6.07, 6.45) is 51.2. The molecule has 0 aliphatic carbocycles. The van der Waals surface area contributed by atoms with Crippen molar-refractivity contribution < 1.29 is 24.5 Å². The smallest absolute Gasteiger partial charge is 0.306 e. The highest BCUT2D eigenvalue weighted by Gasteiger charge is 2.24. The first-order valence-electron chi connectivity index (χ1n) is 25.9. The zero-order chi connectivity index (χ0) is 42.4. The Labute approximate surface area is 361 Å². The van der Waals surface area contributed by atoms with Gasteiger partial charge in [0.15, 0.2) is 0 Å². The standard InChI is InChI=1S/C52H101NO5/c1-4-7-10-13-16-19-22-25-27-29-32-35-38-41-44-50(55)49(47-54)53-51(56)46-48(43-40-37-34-31-28-26-23-20-17-14-11-8-5-2)58-52(57)45-42-39-36-33-30-24-21-18-15-12-9-6-3/h18,21,48-50,54-55H,4-17,19-20,22-47H2,1-3H3,(H,53,56)/b21-18-. The molecule has 1 amide bonds. The summed E-state index contributed by atoms with van der Waals surface area (Å²) in [5, 5.41) is 23.8. The number of amides is 1. The third-order valence-corrected chi connectivity index (χ3v) is 12.1. The highest BCUT2D eigenvalue weighted by Crippen LogP contribution is 2.18. The fourth-order valence-corrected chi connectivity index (χ4v) is 8.13. The van der Waals surface area contributed by atoms with E-state index in [4.69, 9.17) is 4.74 Å². The van der Waals surface area contributed by atoms with E-state index in [1.165, 1.54) is 186 Å². The predicted molar refractivity (Wildman–Crippen MR) is 250 cm³/mol. The lowest BCUT2D eigenvalue weighted by Crippen LogP contribution is -2.46. The molecule has 0 fully saturated rings. The van der Waals surface area contributed by atoms with E-state index in [2.05, 4.69) is 38.2 Å². The van der Waals surface area contributed by atoms with Crippen molar-refractivity contribution >= 4 is 11.9 Å². The number of unbranched alkanes of at least 4 members (excludes halogenated alkanes) is 33. The van der Waals surface area contributed by atoms with Gasteiger partial charge < -0.3 is 20.3 Å². The van der Waals surface area contributed by atoms with Crippen molar-refractivity contribution in [1.82, 2.24) is 5.32 Å². The number of nitrogens with one attached hydrogen (secondary N) is 1. The molecule has 0 aromatic heterocycles. The Morgan fingerprint density at radius 3 is 1.26 bits per heavy atom. The molecule has 3 atom stereocenters. The van der Waals surface area contributed by atoms with Crippen LogP contribution in [-0.2, 0) is 14.3 Å². The maximum atomic E-state index is 13.2. The molecule has 0 rings (SSSR count). The Bertz CT molecular complexity index is 878. The minimum Gasteiger partial charge on any atom is -0.462 e. The fraction of sp³-hybridized carbons (Fsp3) is 0.923. The minimum atomic E-state index is -0.782. The monoisotopic (exact) mass is 820 g/mol. The summed E-state index contributed by atoms with van der Waals surface area (Å²) >= 11 is 0. The number of aliphatic hydroxyl groups excluding tert-OH is 2. The van der Waals surface area contributed by atoms with Crippen molar-refractivity contribution in [2.75, 3.05) is 6.61 Å². The average molecular weight is 820 g/mol. The Morgan fingerprint density at radius 1 is 0.483 bits per heavy atom. The molecule has 0 spiro atoms. The molecule has 0 saturated heterocycles. The first-order chi connectivity index (χ1) is 28.5. The van der Waals surface area contributed by atoms with Crippen LogP contribution in [0.25, 0.3) is 0 Å². The summed E-state index contributed by atoms with van der Waals surface area (Å²) in [6.45, 7) is 6.48. The normalized spacial score (nSPS) is 13.3. The number of ether oxygens (including phenoxy) is 1. The third kappa shape index (κ3) is 41.3. The first kappa shape index (κ1) is 56.6. The Hall–Kier alpha value is -1.40. The minimum absolute atomic E-state index is 0.0814. The zero-order valence-electron chi connectivity index (χ0n) is 39.2. The van der Waals surface area contributed by atoms with Crippen LogP contribution in [0.5, 0.6) is 0 Å². The van der Waals surface area contributed by atoms with Gasteiger partial charge in [-0.05, 0) is 51.4 Å². The van der Waals surface area contributed by atoms with E-state index >= 15 is 0 Å². The van der Waals surface area contributed by atoms with Gasteiger partial charge >= 0.3 is 5.97 Å². The van der Waals surface area contributed by atoms with Crippen molar-refractivity contribution in [3.8, 4) is 0 Å². The molecule has 6 heteroatoms. The van der Waals surface area contributed by atoms with E-state index < -0.39 is 18.2 Å². The Morgan fingerprint density at radius 2 is 0.828 bits per heavy atom. The van der Waals surface area contributed by atoms with Crippen LogP contribution in [0.3, 0.4) is 0 Å². The first-order valence-corrected chi connectivity index (χ1v) is 25.9. The van der Waals surface area contributed by atoms with Gasteiger partial charge in [0, 0.05) is 6.42 Å². The topological polar surface area (TPSA) is 95.9 Å². The quantitative estimate of drug-likeness (QED) is 0.0323. The molecule has 0 heterocycles. The van der Waals surface area contributed by atoms with Crippen molar-refractivity contribution in [3.05, 3.63) is 12.2 Å². The molecule has 344 valence electrons. The van der Waals surface area contributed by atoms with E-state index in [0.717, 1.165) is 51.4 Å². The molecule has 6 nitrogen and oxygen atoms in total. The van der Waals surface area contributed by atoms with Crippen LogP contribution in [0.15, 0.2) is 12.2 Å². The summed E-state index contributed by atoms with van der Waals surface area (Å²) in [7, 11) is 0. The summed E-state index contributed by atoms with van der Waals surface area (Å²) < 4.78 is 5.93. The van der Waals surface area contributed by atoms with Crippen LogP contribution in [0.4, 0.5) is 0 Å². The second-order valence-corrected chi connectivity index (χ2v) is 17.9. The fourth-order valence-electron chi connectivity index (χ4n) is 8.13. The maximum absolute atomic E-state index is 13.2. The molecule has 0 saturated carbocycles. The maximum Gasteiger partial charge on any atom is 0.306 e. The van der Waals surface area contributed by atoms with Gasteiger partial charge in [-0.25, -0.2) is 0 Å². The molecular weight excluding hydrogens is 719 g/mol. The number of allylic oxidation sites excluding steroid dienone is 2. The molecule has 0 aromatic rings. The SMILES string of the molecule is CCCCC/C=C\CCCCCCCC(=O)OC(CCCCCCCCCCCCCCC)CC(=O)NC(CO)C(O)CCCCCCCCCCCCCCCC. The van der Waals surface area contributed by atoms with E-state index in [9.17, 15) is 19.8 Å². The second-order valence-electron chi connectivity index (χ2n) is 17.9. The van der Waals surface area contributed by atoms with Crippen molar-refractivity contribution in [3.63, 3.8) is 0 Å². The van der Waals surface area contributed by atoms with Gasteiger partial charge in [-0.3, -0.25) is 9.59 Å². The van der Waals surface area contributed by atoms with Gasteiger partial charge in [-0.15, -0.1) is 0 Å². The van der Waals surface area contributed by atoms with Crippen LogP contribution in [0, 0.1) is 0 Å². The highest BCUT2D eigenvalue weighted by atomic mass is 16.5. The zero-order valence-corrected chi connectivity index (χ0v) is 39.2. The summed E-state index contributed by atoms with van der Waals surface area (Å²) in [6, 6.07) is -0.696. The average Bonchev–Trinajstić information content (AvgIpc) is 3.22. The van der Waals surface area contributed by atoms with E-state index in [1.54, 1.807) is 0 Å². The molecule has 0 aromatic carbocycles. The van der Waals surface area contributed by atoms with Gasteiger partial charge in [0.2, 0.25) is 5.91 Å². The molecule has 0 aliphatic heterocycles. The van der Waals surface area contributed by atoms with Crippen LogP contribution in [0.2, 0.25) is 0 Å². The molecule has 3 N–H and O–H groups in total. The van der Waals surface area contributed by atoms with E-state index in [0.29, 0.717) is 19.3 Å². The molecule has 3 unspecified atom stereocenters. The van der Waals surface area contributed by atoms with Gasteiger partial charge in [0.25, 0.3) is 0 Å². The largest absolute Gasteiger partial charge is 0.462 e. The van der Waals surface area contributed by atoms with Crippen LogP contribution >= 0.6 is 0 Å². The van der Waals surface area contributed by atoms with Gasteiger partial charge in [0.05, 0.1) is 25.2 Å². The summed E-state index contributed by atoms with van der Waals surface area (Å²) in [4.78, 5) is 26.1. The van der Waals surface area contributed by atoms with Gasteiger partial charge in [0.1, 0.15) is 6.10 Å². The van der Waals surface area contributed by atoms with Crippen LogP contribution in [-0.4, -0.2) is 46.9 Å². The predicted octanol–water partition coefficient (Wildman–Crippen LogP) is 15.3. The number of hydrogen-bond donors (Lipinski definition) is 3. The molecule has 0 bridgehead atoms. The number of rotatable bonds is 47. The summed E-state index contributed by atoms with van der Waals surface area (Å²) in [5.41, 5.74) is 0. The number of aliphatic hydroxyl groups is 2. The lowest BCUT2D eigenvalue weighted by atomic mass is 10.0. The third-order valence-electron chi connectivity index (χ3n) is 12.1. The van der Waals surface area contributed by atoms with Crippen molar-refractivity contribution in [1.29, 1.82) is 0 Å². The number of hydrogen-bond acceptors (Lipinski definition) is 5. The van der Waals surface area contributed by atoms with Crippen molar-refractivity contribution in [2.45, 2.75) is 302 Å². The van der Waals surface area contributed by atoms with Gasteiger partial charge in [-0.2, -0.15) is 0 Å². The van der Waals surface area contributed by atoms with Crippen LogP contribution < -0.4 is 5.32 Å². The Kier molecular flexibility index (Phi) is 45.5. The van der Waals surface area contributed by atoms with E-state index in [-0.39, 0.29) is 24.9 Å². The molecular formula is C52H101NO5. The molecule has 58 heavy (non-hydrogen) atoms. The Balaban J connectivity index is 4.52.